The Morgan fingerprint density at radius 3 is 2.35 bits per heavy atom. The van der Waals surface area contributed by atoms with Crippen LogP contribution in [-0.2, 0) is 24.0 Å². The summed E-state index contributed by atoms with van der Waals surface area (Å²) in [5.41, 5.74) is 1.26. The summed E-state index contributed by atoms with van der Waals surface area (Å²) in [5.74, 6) is -3.10. The van der Waals surface area contributed by atoms with Gasteiger partial charge in [-0.15, -0.1) is 0 Å². The van der Waals surface area contributed by atoms with Crippen molar-refractivity contribution < 1.29 is 42.9 Å². The first-order valence-electron chi connectivity index (χ1n) is 13.8. The van der Waals surface area contributed by atoms with Gasteiger partial charge in [-0.05, 0) is 47.4 Å². The number of methoxy groups -OCH3 is 2. The molecule has 4 rings (SSSR count). The number of nitrogens with one attached hydrogen (secondary N) is 3. The number of benzene rings is 2. The minimum Gasteiger partial charge on any atom is -0.493 e. The highest BCUT2D eigenvalue weighted by Gasteiger charge is 2.46. The van der Waals surface area contributed by atoms with Crippen LogP contribution in [-0.4, -0.2) is 56.5 Å². The number of ketones is 1. The molecule has 4 amide bonds. The third-order valence-electron chi connectivity index (χ3n) is 7.38. The van der Waals surface area contributed by atoms with Crippen molar-refractivity contribution in [2.75, 3.05) is 21.0 Å². The lowest BCUT2D eigenvalue weighted by atomic mass is 9.85. The lowest BCUT2D eigenvalue weighted by Crippen LogP contribution is -2.49. The number of carbonyl (C=O) groups is 5. The van der Waals surface area contributed by atoms with Gasteiger partial charge in [0.15, 0.2) is 28.8 Å². The van der Waals surface area contributed by atoms with E-state index in [9.17, 15) is 24.0 Å². The van der Waals surface area contributed by atoms with Crippen LogP contribution in [0.4, 0.5) is 0 Å². The van der Waals surface area contributed by atoms with Crippen molar-refractivity contribution >= 4 is 35.5 Å². The van der Waals surface area contributed by atoms with E-state index in [1.165, 1.54) is 27.2 Å². The third-order valence-corrected chi connectivity index (χ3v) is 7.38. The molecule has 1 unspecified atom stereocenters. The number of Topliss-reactive ketones (excluding diaryl/α,β-unsaturated/α-hetero) is 1. The average Bonchev–Trinajstić information content (AvgIpc) is 3.55. The first-order valence-corrected chi connectivity index (χ1v) is 13.8. The quantitative estimate of drug-likeness (QED) is 0.191. The summed E-state index contributed by atoms with van der Waals surface area (Å²) in [6, 6.07) is 8.42. The lowest BCUT2D eigenvalue weighted by Gasteiger charge is -2.26. The number of rotatable bonds is 12. The van der Waals surface area contributed by atoms with E-state index >= 15 is 0 Å². The number of fused-ring (bicyclic) bond motifs is 1. The standard InChI is InChI=1S/C31H35N3O9/c1-16(2)28(29(37)27-17(3)30(38)34-31(27)39)33-26(36)14-20(19-8-10-21(40-4)23(13-19)41-5)32-25(35)11-7-18-6-9-22-24(12-18)43-15-42-22/h6-13,16-17,20,27-28H,14-15H2,1-5H3,(H,32,35)(H,33,36)(H,34,38,39)/b11-7+/t17-,20?,27+,28-/m0/s1. The second kappa shape index (κ2) is 13.4. The molecule has 3 N–H and O–H groups in total. The Morgan fingerprint density at radius 2 is 1.70 bits per heavy atom. The molecule has 2 aliphatic heterocycles. The Morgan fingerprint density at radius 1 is 0.977 bits per heavy atom. The van der Waals surface area contributed by atoms with Crippen LogP contribution in [0.15, 0.2) is 42.5 Å². The lowest BCUT2D eigenvalue weighted by molar-refractivity contribution is -0.137. The Balaban J connectivity index is 1.53. The van der Waals surface area contributed by atoms with E-state index in [1.54, 1.807) is 56.3 Å². The maximum absolute atomic E-state index is 13.4. The van der Waals surface area contributed by atoms with Crippen molar-refractivity contribution in [3.63, 3.8) is 0 Å². The topological polar surface area (TPSA) is 158 Å². The number of hydrogen-bond donors (Lipinski definition) is 3. The van der Waals surface area contributed by atoms with Crippen molar-refractivity contribution in [3.05, 3.63) is 53.6 Å². The average molecular weight is 594 g/mol. The van der Waals surface area contributed by atoms with Crippen LogP contribution in [0.2, 0.25) is 0 Å². The fourth-order valence-electron chi connectivity index (χ4n) is 4.97. The summed E-state index contributed by atoms with van der Waals surface area (Å²) >= 11 is 0. The zero-order valence-corrected chi connectivity index (χ0v) is 24.6. The fraction of sp³-hybridized carbons (Fsp3) is 0.387. The van der Waals surface area contributed by atoms with E-state index in [2.05, 4.69) is 16.0 Å². The van der Waals surface area contributed by atoms with Crippen LogP contribution in [0.25, 0.3) is 6.08 Å². The predicted molar refractivity (Wildman–Crippen MR) is 154 cm³/mol. The van der Waals surface area contributed by atoms with E-state index in [0.717, 1.165) is 0 Å². The van der Waals surface area contributed by atoms with Gasteiger partial charge in [0.1, 0.15) is 5.92 Å². The Labute approximate surface area is 249 Å². The van der Waals surface area contributed by atoms with Crippen molar-refractivity contribution in [2.24, 2.45) is 17.8 Å². The summed E-state index contributed by atoms with van der Waals surface area (Å²) in [5, 5.41) is 7.75. The molecule has 12 heteroatoms. The smallest absolute Gasteiger partial charge is 0.244 e. The molecule has 4 atom stereocenters. The van der Waals surface area contributed by atoms with Crippen molar-refractivity contribution in [3.8, 4) is 23.0 Å². The van der Waals surface area contributed by atoms with Gasteiger partial charge in [-0.2, -0.15) is 0 Å². The number of amides is 4. The molecule has 2 heterocycles. The molecule has 43 heavy (non-hydrogen) atoms. The molecular formula is C31H35N3O9. The maximum Gasteiger partial charge on any atom is 0.244 e. The summed E-state index contributed by atoms with van der Waals surface area (Å²) in [4.78, 5) is 64.0. The maximum atomic E-state index is 13.4. The van der Waals surface area contributed by atoms with E-state index in [0.29, 0.717) is 34.1 Å². The van der Waals surface area contributed by atoms with Gasteiger partial charge >= 0.3 is 0 Å². The molecule has 0 radical (unpaired) electrons. The number of hydrogen-bond acceptors (Lipinski definition) is 9. The highest BCUT2D eigenvalue weighted by molar-refractivity contribution is 6.16. The molecule has 0 aliphatic carbocycles. The molecular weight excluding hydrogens is 558 g/mol. The molecule has 0 aromatic heterocycles. The highest BCUT2D eigenvalue weighted by atomic mass is 16.7. The minimum absolute atomic E-state index is 0.131. The molecule has 0 saturated carbocycles. The second-order valence-electron chi connectivity index (χ2n) is 10.6. The molecule has 2 aliphatic rings. The minimum atomic E-state index is -1.19. The van der Waals surface area contributed by atoms with E-state index in [1.807, 2.05) is 0 Å². The molecule has 12 nitrogen and oxygen atoms in total. The van der Waals surface area contributed by atoms with Crippen LogP contribution >= 0.6 is 0 Å². The van der Waals surface area contributed by atoms with Crippen molar-refractivity contribution in [1.82, 2.24) is 16.0 Å². The van der Waals surface area contributed by atoms with Crippen LogP contribution in [0, 0.1) is 17.8 Å². The van der Waals surface area contributed by atoms with Crippen LogP contribution in [0.5, 0.6) is 23.0 Å². The van der Waals surface area contributed by atoms with Gasteiger partial charge in [0, 0.05) is 6.08 Å². The normalized spacial score (nSPS) is 18.7. The van der Waals surface area contributed by atoms with E-state index < -0.39 is 53.3 Å². The number of ether oxygens (including phenoxy) is 4. The van der Waals surface area contributed by atoms with Gasteiger partial charge < -0.3 is 29.6 Å². The molecule has 1 fully saturated rings. The van der Waals surface area contributed by atoms with Gasteiger partial charge in [0.25, 0.3) is 0 Å². The summed E-state index contributed by atoms with van der Waals surface area (Å²) in [6.45, 7) is 5.10. The first kappa shape index (κ1) is 31.1. The van der Waals surface area contributed by atoms with Gasteiger partial charge in [-0.25, -0.2) is 0 Å². The van der Waals surface area contributed by atoms with E-state index in [4.69, 9.17) is 18.9 Å². The molecule has 0 spiro atoms. The zero-order chi connectivity index (χ0) is 31.3. The highest BCUT2D eigenvalue weighted by Crippen LogP contribution is 2.33. The van der Waals surface area contributed by atoms with Crippen LogP contribution in [0.1, 0.15) is 44.4 Å². The van der Waals surface area contributed by atoms with Gasteiger partial charge in [0.05, 0.1) is 38.6 Å². The van der Waals surface area contributed by atoms with Gasteiger partial charge in [-0.1, -0.05) is 32.9 Å². The van der Waals surface area contributed by atoms with Gasteiger partial charge in [-0.3, -0.25) is 29.3 Å². The Bertz CT molecular complexity index is 1450. The third kappa shape index (κ3) is 7.14. The first-order chi connectivity index (χ1) is 20.5. The SMILES string of the molecule is COc1ccc(C(CC(=O)N[C@H](C(=O)[C@@H]2C(=O)NC(=O)[C@H]2C)C(C)C)NC(=O)/C=C/c2ccc3c(c2)OCO3)cc1OC. The number of imide groups is 1. The molecule has 228 valence electrons. The monoisotopic (exact) mass is 593 g/mol. The second-order valence-corrected chi connectivity index (χ2v) is 10.6. The van der Waals surface area contributed by atoms with Crippen molar-refractivity contribution in [2.45, 2.75) is 39.3 Å². The number of carbonyl (C=O) groups excluding carboxylic acids is 5. The molecule has 2 aromatic carbocycles. The molecule has 0 bridgehead atoms. The Hall–Kier alpha value is -4.87. The van der Waals surface area contributed by atoms with E-state index in [-0.39, 0.29) is 19.1 Å². The van der Waals surface area contributed by atoms with Gasteiger partial charge in [0.2, 0.25) is 30.4 Å². The Kier molecular flexibility index (Phi) is 9.69. The summed E-state index contributed by atoms with van der Waals surface area (Å²) < 4.78 is 21.4. The van der Waals surface area contributed by atoms with Crippen LogP contribution in [0.3, 0.4) is 0 Å². The molecule has 1 saturated heterocycles. The van der Waals surface area contributed by atoms with Crippen LogP contribution < -0.4 is 34.9 Å². The summed E-state index contributed by atoms with van der Waals surface area (Å²) in [6.07, 6.45) is 2.70. The predicted octanol–water partition coefficient (Wildman–Crippen LogP) is 2.31. The fourth-order valence-corrected chi connectivity index (χ4v) is 4.97. The zero-order valence-electron chi connectivity index (χ0n) is 24.6. The van der Waals surface area contributed by atoms with Crippen molar-refractivity contribution in [1.29, 1.82) is 0 Å². The summed E-state index contributed by atoms with van der Waals surface area (Å²) in [7, 11) is 2.97. The molecule has 2 aromatic rings. The largest absolute Gasteiger partial charge is 0.493 e.